The van der Waals surface area contributed by atoms with E-state index in [9.17, 15) is 9.67 Å². The lowest BCUT2D eigenvalue weighted by molar-refractivity contribution is 0.0156. The summed E-state index contributed by atoms with van der Waals surface area (Å²) in [6, 6.07) is 0. The van der Waals surface area contributed by atoms with Gasteiger partial charge in [-0.1, -0.05) is 12.2 Å². The van der Waals surface area contributed by atoms with Gasteiger partial charge in [0.2, 0.25) is 0 Å². The van der Waals surface area contributed by atoms with Crippen molar-refractivity contribution in [2.45, 2.75) is 25.2 Å². The van der Waals surface area contributed by atoms with Crippen molar-refractivity contribution in [1.29, 1.82) is 0 Å². The standard InChI is InChI=1S/C6H13O7PS/c1-3(13-14(10,11)12)6(15)5(9)4(8)2-7/h3-5,7-9H,2H2,1H3,(H2,10,11,12)/t3?,4-,5-/m1/s1/i3D. The van der Waals surface area contributed by atoms with Crippen molar-refractivity contribution in [2.24, 2.45) is 0 Å². The van der Waals surface area contributed by atoms with Crippen molar-refractivity contribution in [1.82, 2.24) is 0 Å². The van der Waals surface area contributed by atoms with Crippen molar-refractivity contribution >= 4 is 24.9 Å². The second-order valence-electron chi connectivity index (χ2n) is 2.70. The molecule has 0 bridgehead atoms. The highest BCUT2D eigenvalue weighted by molar-refractivity contribution is 7.80. The first-order valence-electron chi connectivity index (χ1n) is 4.29. The fourth-order valence-corrected chi connectivity index (χ4v) is 1.42. The lowest BCUT2D eigenvalue weighted by Gasteiger charge is -2.21. The van der Waals surface area contributed by atoms with Crippen LogP contribution < -0.4 is 0 Å². The minimum atomic E-state index is -4.95. The molecule has 0 aliphatic heterocycles. The Morgan fingerprint density at radius 3 is 2.40 bits per heavy atom. The van der Waals surface area contributed by atoms with Crippen LogP contribution in [0.4, 0.5) is 0 Å². The second kappa shape index (κ2) is 5.97. The van der Waals surface area contributed by atoms with Crippen LogP contribution in [0.25, 0.3) is 0 Å². The maximum atomic E-state index is 10.5. The molecule has 0 saturated carbocycles. The highest BCUT2D eigenvalue weighted by Gasteiger charge is 2.29. The average Bonchev–Trinajstić information content (AvgIpc) is 2.10. The predicted molar refractivity (Wildman–Crippen MR) is 54.3 cm³/mol. The van der Waals surface area contributed by atoms with Gasteiger partial charge in [-0.25, -0.2) is 4.57 Å². The second-order valence-corrected chi connectivity index (χ2v) is 4.30. The number of rotatable bonds is 6. The molecule has 0 heterocycles. The Morgan fingerprint density at radius 1 is 1.60 bits per heavy atom. The Morgan fingerprint density at radius 2 is 2.07 bits per heavy atom. The quantitative estimate of drug-likeness (QED) is 0.291. The highest BCUT2D eigenvalue weighted by Crippen LogP contribution is 2.38. The van der Waals surface area contributed by atoms with Gasteiger partial charge in [-0.15, -0.1) is 0 Å². The van der Waals surface area contributed by atoms with Crippen molar-refractivity contribution in [3.63, 3.8) is 0 Å². The molecule has 0 rings (SSSR count). The molecule has 0 radical (unpaired) electrons. The number of aliphatic hydroxyl groups is 3. The van der Waals surface area contributed by atoms with Gasteiger partial charge in [0.25, 0.3) is 0 Å². The van der Waals surface area contributed by atoms with E-state index in [2.05, 4.69) is 16.7 Å². The largest absolute Gasteiger partial charge is 0.470 e. The molecule has 0 amide bonds. The van der Waals surface area contributed by atoms with Crippen LogP contribution in [0, 0.1) is 0 Å². The summed E-state index contributed by atoms with van der Waals surface area (Å²) in [6.45, 7) is 0.0923. The molecule has 3 atom stereocenters. The summed E-state index contributed by atoms with van der Waals surface area (Å²) >= 11 is 4.55. The number of phosphoric ester groups is 1. The molecule has 15 heavy (non-hydrogen) atoms. The number of thiocarbonyl (C=S) groups is 1. The third-order valence-corrected chi connectivity index (χ3v) is 2.46. The molecule has 0 aromatic heterocycles. The fourth-order valence-electron chi connectivity index (χ4n) is 0.706. The van der Waals surface area contributed by atoms with E-state index in [-0.39, 0.29) is 0 Å². The van der Waals surface area contributed by atoms with E-state index in [1.807, 2.05) is 0 Å². The van der Waals surface area contributed by atoms with Crippen LogP contribution >= 0.6 is 20.0 Å². The first kappa shape index (κ1) is 13.1. The lowest BCUT2D eigenvalue weighted by Crippen LogP contribution is -2.40. The minimum absolute atomic E-state index is 0.641. The van der Waals surface area contributed by atoms with Crippen LogP contribution in [0.1, 0.15) is 8.29 Å². The molecule has 5 N–H and O–H groups in total. The summed E-state index contributed by atoms with van der Waals surface area (Å²) in [7, 11) is -4.95. The summed E-state index contributed by atoms with van der Waals surface area (Å²) in [5.74, 6) is 0. The molecule has 9 heteroatoms. The normalized spacial score (nSPS) is 21.3. The molecule has 1 unspecified atom stereocenters. The van der Waals surface area contributed by atoms with E-state index in [1.165, 1.54) is 0 Å². The van der Waals surface area contributed by atoms with Gasteiger partial charge in [-0.3, -0.25) is 4.52 Å². The Kier molecular flexibility index (Phi) is 5.24. The molecule has 0 spiro atoms. The number of hydrogen-bond donors (Lipinski definition) is 5. The molecule has 0 saturated heterocycles. The van der Waals surface area contributed by atoms with Crippen LogP contribution in [0.15, 0.2) is 0 Å². The van der Waals surface area contributed by atoms with Crippen molar-refractivity contribution in [2.75, 3.05) is 6.61 Å². The third-order valence-electron chi connectivity index (χ3n) is 1.42. The van der Waals surface area contributed by atoms with Crippen molar-refractivity contribution < 1.29 is 35.6 Å². The van der Waals surface area contributed by atoms with E-state index < -0.39 is 37.6 Å². The van der Waals surface area contributed by atoms with Gasteiger partial charge in [0.1, 0.15) is 18.3 Å². The molecule has 0 aromatic rings. The Bertz CT molecular complexity index is 303. The van der Waals surface area contributed by atoms with E-state index in [4.69, 9.17) is 21.4 Å². The third kappa shape index (κ3) is 5.64. The molecule has 0 aliphatic carbocycles. The molecule has 0 aromatic carbocycles. The monoisotopic (exact) mass is 261 g/mol. The molecule has 0 aliphatic rings. The van der Waals surface area contributed by atoms with Gasteiger partial charge in [0.05, 0.1) is 12.8 Å². The van der Waals surface area contributed by atoms with Crippen LogP contribution in [0.2, 0.25) is 0 Å². The first-order chi connectivity index (χ1) is 7.01. The van der Waals surface area contributed by atoms with E-state index in [0.29, 0.717) is 0 Å². The number of aliphatic hydroxyl groups excluding tert-OH is 3. The number of hydrogen-bond acceptors (Lipinski definition) is 6. The van der Waals surface area contributed by atoms with Crippen LogP contribution in [0.5, 0.6) is 0 Å². The minimum Gasteiger partial charge on any atom is -0.394 e. The summed E-state index contributed by atoms with van der Waals surface area (Å²) in [5, 5.41) is 26.9. The Labute approximate surface area is 93.0 Å². The molecule has 7 nitrogen and oxygen atoms in total. The van der Waals surface area contributed by atoms with Crippen molar-refractivity contribution in [3.05, 3.63) is 0 Å². The van der Waals surface area contributed by atoms with E-state index >= 15 is 0 Å². The van der Waals surface area contributed by atoms with Crippen LogP contribution in [0.3, 0.4) is 0 Å². The zero-order chi connectivity index (χ0) is 13.1. The lowest BCUT2D eigenvalue weighted by atomic mass is 10.1. The molecular formula is C6H13O7PS. The zero-order valence-corrected chi connectivity index (χ0v) is 9.48. The smallest absolute Gasteiger partial charge is 0.394 e. The Hall–Kier alpha value is 0.0800. The summed E-state index contributed by atoms with van der Waals surface area (Å²) < 4.78 is 21.9. The molecular weight excluding hydrogens is 247 g/mol. The summed E-state index contributed by atoms with van der Waals surface area (Å²) in [5.41, 5.74) is 0. The maximum Gasteiger partial charge on any atom is 0.470 e. The van der Waals surface area contributed by atoms with Gasteiger partial charge < -0.3 is 25.1 Å². The molecule has 90 valence electrons. The fraction of sp³-hybridized carbons (Fsp3) is 0.833. The topological polar surface area (TPSA) is 127 Å². The maximum absolute atomic E-state index is 10.5. The van der Waals surface area contributed by atoms with Gasteiger partial charge in [-0.2, -0.15) is 0 Å². The first-order valence-corrected chi connectivity index (χ1v) is 5.72. The zero-order valence-electron chi connectivity index (χ0n) is 8.77. The van der Waals surface area contributed by atoms with Crippen LogP contribution in [-0.2, 0) is 9.09 Å². The van der Waals surface area contributed by atoms with Gasteiger partial charge in [-0.05, 0) is 6.92 Å². The van der Waals surface area contributed by atoms with E-state index in [1.54, 1.807) is 0 Å². The highest BCUT2D eigenvalue weighted by atomic mass is 32.1. The summed E-state index contributed by atoms with van der Waals surface area (Å²) in [6.07, 6.45) is -5.80. The van der Waals surface area contributed by atoms with Gasteiger partial charge in [0, 0.05) is 0 Å². The summed E-state index contributed by atoms with van der Waals surface area (Å²) in [4.78, 5) is 16.3. The Balaban J connectivity index is 4.76. The predicted octanol–water partition coefficient (Wildman–Crippen LogP) is -1.43. The van der Waals surface area contributed by atoms with E-state index in [0.717, 1.165) is 6.92 Å². The van der Waals surface area contributed by atoms with Crippen LogP contribution in [-0.4, -0.2) is 54.9 Å². The van der Waals surface area contributed by atoms with Gasteiger partial charge in [0.15, 0.2) is 0 Å². The number of phosphoric acid groups is 1. The van der Waals surface area contributed by atoms with Crippen molar-refractivity contribution in [3.8, 4) is 0 Å². The van der Waals surface area contributed by atoms with Gasteiger partial charge >= 0.3 is 7.82 Å². The average molecular weight is 261 g/mol. The molecule has 0 fully saturated rings. The SMILES string of the molecule is [2H]C(C)(OP(=O)(O)O)C(=S)[C@H](O)[C@H](O)CO.